The number of nitrogens with two attached hydrogens (primary N) is 1. The van der Waals surface area contributed by atoms with Gasteiger partial charge in [0, 0.05) is 16.4 Å². The van der Waals surface area contributed by atoms with E-state index >= 15 is 0 Å². The Hall–Kier alpha value is -1.99. The first-order valence-electron chi connectivity index (χ1n) is 5.71. The number of amides is 1. The second-order valence-electron chi connectivity index (χ2n) is 4.09. The Morgan fingerprint density at radius 1 is 1.35 bits per heavy atom. The summed E-state index contributed by atoms with van der Waals surface area (Å²) >= 11 is 3.22. The maximum absolute atomic E-state index is 13.6. The van der Waals surface area contributed by atoms with Crippen molar-refractivity contribution in [3.8, 4) is 0 Å². The van der Waals surface area contributed by atoms with E-state index in [1.165, 1.54) is 18.3 Å². The van der Waals surface area contributed by atoms with Crippen LogP contribution in [0.25, 0.3) is 0 Å². The van der Waals surface area contributed by atoms with Crippen LogP contribution in [-0.2, 0) is 0 Å². The van der Waals surface area contributed by atoms with Crippen LogP contribution in [0.2, 0.25) is 0 Å². The van der Waals surface area contributed by atoms with E-state index in [1.807, 2.05) is 0 Å². The predicted molar refractivity (Wildman–Crippen MR) is 78.8 cm³/mol. The van der Waals surface area contributed by atoms with Crippen LogP contribution in [0.5, 0.6) is 0 Å². The van der Waals surface area contributed by atoms with Gasteiger partial charge in [-0.05, 0) is 31.2 Å². The molecule has 104 valence electrons. The number of hydrazine groups is 1. The molecule has 0 atom stereocenters. The normalized spacial score (nSPS) is 10.2. The third-order valence-electron chi connectivity index (χ3n) is 2.62. The maximum atomic E-state index is 13.6. The van der Waals surface area contributed by atoms with E-state index in [4.69, 9.17) is 5.84 Å². The lowest BCUT2D eigenvalue weighted by Gasteiger charge is -2.10. The average Bonchev–Trinajstić information content (AvgIpc) is 2.42. The maximum Gasteiger partial charge on any atom is 0.259 e. The summed E-state index contributed by atoms with van der Waals surface area (Å²) < 4.78 is 14.3. The van der Waals surface area contributed by atoms with E-state index in [2.05, 4.69) is 31.7 Å². The predicted octanol–water partition coefficient (Wildman–Crippen LogP) is 2.83. The minimum absolute atomic E-state index is 0.0768. The Bertz CT molecular complexity index is 663. The van der Waals surface area contributed by atoms with E-state index in [0.717, 1.165) is 0 Å². The SMILES string of the molecule is Cc1cc(NN)c(C(=O)Nc2cc(Br)ccc2F)cn1. The lowest BCUT2D eigenvalue weighted by Crippen LogP contribution is -2.18. The Balaban J connectivity index is 2.30. The van der Waals surface area contributed by atoms with Gasteiger partial charge in [0.25, 0.3) is 5.91 Å². The van der Waals surface area contributed by atoms with Gasteiger partial charge in [0.1, 0.15) is 5.82 Å². The van der Waals surface area contributed by atoms with Gasteiger partial charge >= 0.3 is 0 Å². The molecule has 5 nitrogen and oxygen atoms in total. The van der Waals surface area contributed by atoms with Crippen molar-refractivity contribution in [2.75, 3.05) is 10.7 Å². The lowest BCUT2D eigenvalue weighted by atomic mass is 10.2. The number of hydrogen-bond donors (Lipinski definition) is 3. The van der Waals surface area contributed by atoms with Crippen molar-refractivity contribution in [3.63, 3.8) is 0 Å². The molecule has 1 heterocycles. The number of anilines is 2. The molecule has 1 aromatic carbocycles. The van der Waals surface area contributed by atoms with E-state index in [-0.39, 0.29) is 11.3 Å². The standard InChI is InChI=1S/C13H12BrFN4O/c1-7-4-11(19-16)9(6-17-7)13(20)18-12-5-8(14)2-3-10(12)15/h2-6H,16H2,1H3,(H,17,19)(H,18,20). The summed E-state index contributed by atoms with van der Waals surface area (Å²) in [6, 6.07) is 5.91. The highest BCUT2D eigenvalue weighted by atomic mass is 79.9. The third kappa shape index (κ3) is 3.12. The highest BCUT2D eigenvalue weighted by molar-refractivity contribution is 9.10. The van der Waals surface area contributed by atoms with Gasteiger partial charge in [-0.2, -0.15) is 0 Å². The van der Waals surface area contributed by atoms with E-state index in [9.17, 15) is 9.18 Å². The molecule has 20 heavy (non-hydrogen) atoms. The first-order chi connectivity index (χ1) is 9.51. The Kier molecular flexibility index (Phi) is 4.31. The molecular weight excluding hydrogens is 327 g/mol. The van der Waals surface area contributed by atoms with Crippen LogP contribution in [0, 0.1) is 12.7 Å². The van der Waals surface area contributed by atoms with Crippen molar-refractivity contribution in [2.45, 2.75) is 6.92 Å². The number of carbonyl (C=O) groups is 1. The van der Waals surface area contributed by atoms with Crippen LogP contribution in [0.1, 0.15) is 16.1 Å². The summed E-state index contributed by atoms with van der Waals surface area (Å²) in [6.45, 7) is 1.77. The van der Waals surface area contributed by atoms with Crippen LogP contribution in [0.15, 0.2) is 34.9 Å². The largest absolute Gasteiger partial charge is 0.323 e. The zero-order valence-corrected chi connectivity index (χ0v) is 12.2. The number of nitrogens with zero attached hydrogens (tertiary/aromatic N) is 1. The van der Waals surface area contributed by atoms with Gasteiger partial charge in [-0.25, -0.2) is 4.39 Å². The number of rotatable bonds is 3. The molecule has 2 aromatic rings. The van der Waals surface area contributed by atoms with Gasteiger partial charge in [0.2, 0.25) is 0 Å². The van der Waals surface area contributed by atoms with Crippen molar-refractivity contribution in [2.24, 2.45) is 5.84 Å². The summed E-state index contributed by atoms with van der Waals surface area (Å²) in [6.07, 6.45) is 1.38. The Morgan fingerprint density at radius 2 is 2.10 bits per heavy atom. The third-order valence-corrected chi connectivity index (χ3v) is 3.11. The molecule has 0 radical (unpaired) electrons. The number of aromatic nitrogens is 1. The van der Waals surface area contributed by atoms with Crippen molar-refractivity contribution in [1.29, 1.82) is 0 Å². The molecule has 0 saturated carbocycles. The number of halogens is 2. The second-order valence-corrected chi connectivity index (χ2v) is 5.01. The smallest absolute Gasteiger partial charge is 0.259 e. The fourth-order valence-corrected chi connectivity index (χ4v) is 2.00. The second kappa shape index (κ2) is 5.98. The molecule has 1 aromatic heterocycles. The lowest BCUT2D eigenvalue weighted by molar-refractivity contribution is 0.102. The van der Waals surface area contributed by atoms with Gasteiger partial charge in [-0.15, -0.1) is 0 Å². The number of benzene rings is 1. The monoisotopic (exact) mass is 338 g/mol. The number of carbonyl (C=O) groups excluding carboxylic acids is 1. The number of nitrogen functional groups attached to an aromatic ring is 1. The summed E-state index contributed by atoms with van der Waals surface area (Å²) in [5.41, 5.74) is 3.87. The summed E-state index contributed by atoms with van der Waals surface area (Å²) in [7, 11) is 0. The zero-order chi connectivity index (χ0) is 14.7. The van der Waals surface area contributed by atoms with Crippen molar-refractivity contribution in [1.82, 2.24) is 4.98 Å². The van der Waals surface area contributed by atoms with E-state index < -0.39 is 11.7 Å². The molecular formula is C13H12BrFN4O. The first kappa shape index (κ1) is 14.4. The van der Waals surface area contributed by atoms with E-state index in [0.29, 0.717) is 15.9 Å². The topological polar surface area (TPSA) is 80.0 Å². The summed E-state index contributed by atoms with van der Waals surface area (Å²) in [5.74, 6) is 4.34. The van der Waals surface area contributed by atoms with E-state index in [1.54, 1.807) is 19.1 Å². The minimum atomic E-state index is -0.524. The molecule has 4 N–H and O–H groups in total. The first-order valence-corrected chi connectivity index (χ1v) is 6.50. The minimum Gasteiger partial charge on any atom is -0.323 e. The van der Waals surface area contributed by atoms with Crippen molar-refractivity contribution in [3.05, 3.63) is 52.0 Å². The quantitative estimate of drug-likeness (QED) is 0.593. The molecule has 0 aliphatic rings. The van der Waals surface area contributed by atoms with Crippen LogP contribution < -0.4 is 16.6 Å². The Morgan fingerprint density at radius 3 is 2.80 bits per heavy atom. The van der Waals surface area contributed by atoms with Crippen LogP contribution in [0.3, 0.4) is 0 Å². The highest BCUT2D eigenvalue weighted by Crippen LogP contribution is 2.22. The number of aryl methyl sites for hydroxylation is 1. The molecule has 0 spiro atoms. The average molecular weight is 339 g/mol. The molecule has 0 aliphatic heterocycles. The van der Waals surface area contributed by atoms with Crippen LogP contribution in [0.4, 0.5) is 15.8 Å². The fourth-order valence-electron chi connectivity index (χ4n) is 1.64. The van der Waals surface area contributed by atoms with Crippen LogP contribution in [-0.4, -0.2) is 10.9 Å². The molecule has 0 saturated heterocycles. The molecule has 0 unspecified atom stereocenters. The van der Waals surface area contributed by atoms with Gasteiger partial charge < -0.3 is 10.7 Å². The van der Waals surface area contributed by atoms with Gasteiger partial charge in [-0.3, -0.25) is 15.6 Å². The number of pyridine rings is 1. The zero-order valence-electron chi connectivity index (χ0n) is 10.6. The van der Waals surface area contributed by atoms with Gasteiger partial charge in [0.15, 0.2) is 0 Å². The van der Waals surface area contributed by atoms with Crippen molar-refractivity contribution < 1.29 is 9.18 Å². The molecule has 1 amide bonds. The molecule has 0 bridgehead atoms. The van der Waals surface area contributed by atoms with Gasteiger partial charge in [0.05, 0.1) is 16.9 Å². The number of hydrogen-bond acceptors (Lipinski definition) is 4. The number of nitrogens with one attached hydrogen (secondary N) is 2. The summed E-state index contributed by atoms with van der Waals surface area (Å²) in [5, 5.41) is 2.48. The molecule has 2 rings (SSSR count). The molecule has 0 aliphatic carbocycles. The summed E-state index contributed by atoms with van der Waals surface area (Å²) in [4.78, 5) is 16.2. The van der Waals surface area contributed by atoms with Gasteiger partial charge in [-0.1, -0.05) is 15.9 Å². The molecule has 0 fully saturated rings. The van der Waals surface area contributed by atoms with Crippen LogP contribution >= 0.6 is 15.9 Å². The fraction of sp³-hybridized carbons (Fsp3) is 0.0769. The highest BCUT2D eigenvalue weighted by Gasteiger charge is 2.14. The molecule has 7 heteroatoms. The van der Waals surface area contributed by atoms with Crippen molar-refractivity contribution >= 4 is 33.2 Å². The Labute approximate surface area is 123 Å².